The van der Waals surface area contributed by atoms with Crippen molar-refractivity contribution in [3.63, 3.8) is 0 Å². The fraction of sp³-hybridized carbons (Fsp3) is 0.350. The van der Waals surface area contributed by atoms with Crippen molar-refractivity contribution in [2.45, 2.75) is 31.7 Å². The van der Waals surface area contributed by atoms with E-state index in [9.17, 15) is 4.79 Å². The van der Waals surface area contributed by atoms with E-state index in [-0.39, 0.29) is 12.5 Å². The van der Waals surface area contributed by atoms with Gasteiger partial charge in [-0.2, -0.15) is 0 Å². The Balaban J connectivity index is 1.74. The van der Waals surface area contributed by atoms with Crippen LogP contribution in [0.25, 0.3) is 5.57 Å². The SMILES string of the molecule is O=C(O)C[C@@H]1CCCN1CCC=C(c1ccccc1)c1sccc1Cl. The van der Waals surface area contributed by atoms with Gasteiger partial charge >= 0.3 is 5.97 Å². The highest BCUT2D eigenvalue weighted by molar-refractivity contribution is 7.11. The summed E-state index contributed by atoms with van der Waals surface area (Å²) in [5.74, 6) is -0.706. The number of thiophene rings is 1. The molecular weight excluding hydrogens is 354 g/mol. The summed E-state index contributed by atoms with van der Waals surface area (Å²) >= 11 is 8.02. The molecular formula is C20H22ClNO2S. The zero-order valence-electron chi connectivity index (χ0n) is 14.0. The van der Waals surface area contributed by atoms with Gasteiger partial charge in [0.15, 0.2) is 0 Å². The molecule has 1 aromatic heterocycles. The summed E-state index contributed by atoms with van der Waals surface area (Å²) in [4.78, 5) is 14.4. The largest absolute Gasteiger partial charge is 0.481 e. The molecule has 132 valence electrons. The number of carboxylic acids is 1. The number of likely N-dealkylation sites (tertiary alicyclic amines) is 1. The van der Waals surface area contributed by atoms with Gasteiger partial charge in [-0.25, -0.2) is 0 Å². The third-order valence-corrected chi connectivity index (χ3v) is 6.00. The van der Waals surface area contributed by atoms with E-state index >= 15 is 0 Å². The molecule has 5 heteroatoms. The standard InChI is InChI=1S/C20H22ClNO2S/c21-18-10-13-25-20(18)17(15-6-2-1-3-7-15)9-5-12-22-11-4-8-16(22)14-19(23)24/h1-3,6-7,9-10,13,16H,4-5,8,11-12,14H2,(H,23,24)/t16-/m0/s1. The van der Waals surface area contributed by atoms with Crippen LogP contribution in [0.1, 0.15) is 36.1 Å². The zero-order chi connectivity index (χ0) is 17.6. The van der Waals surface area contributed by atoms with Crippen molar-refractivity contribution in [3.05, 3.63) is 63.3 Å². The van der Waals surface area contributed by atoms with Gasteiger partial charge in [0.25, 0.3) is 0 Å². The Hall–Kier alpha value is -1.62. The monoisotopic (exact) mass is 375 g/mol. The van der Waals surface area contributed by atoms with E-state index in [1.54, 1.807) is 11.3 Å². The lowest BCUT2D eigenvalue weighted by Crippen LogP contribution is -2.32. The molecule has 1 aliphatic heterocycles. The zero-order valence-corrected chi connectivity index (χ0v) is 15.6. The van der Waals surface area contributed by atoms with Gasteiger partial charge in [0, 0.05) is 12.6 Å². The van der Waals surface area contributed by atoms with Crippen LogP contribution in [-0.2, 0) is 4.79 Å². The predicted octanol–water partition coefficient (Wildman–Crippen LogP) is 5.16. The Labute approximate surface area is 157 Å². The molecule has 2 heterocycles. The highest BCUT2D eigenvalue weighted by atomic mass is 35.5. The molecule has 0 saturated carbocycles. The topological polar surface area (TPSA) is 40.5 Å². The molecule has 0 unspecified atom stereocenters. The first-order valence-electron chi connectivity index (χ1n) is 8.60. The molecule has 1 fully saturated rings. The van der Waals surface area contributed by atoms with Gasteiger partial charge in [0.2, 0.25) is 0 Å². The fourth-order valence-corrected chi connectivity index (χ4v) is 4.66. The molecule has 3 rings (SSSR count). The summed E-state index contributed by atoms with van der Waals surface area (Å²) < 4.78 is 0. The maximum absolute atomic E-state index is 11.0. The van der Waals surface area contributed by atoms with E-state index in [0.717, 1.165) is 53.4 Å². The van der Waals surface area contributed by atoms with Crippen LogP contribution in [-0.4, -0.2) is 35.1 Å². The van der Waals surface area contributed by atoms with Crippen molar-refractivity contribution in [1.82, 2.24) is 4.90 Å². The Bertz CT molecular complexity index is 741. The molecule has 0 bridgehead atoms. The molecule has 3 nitrogen and oxygen atoms in total. The van der Waals surface area contributed by atoms with E-state index in [1.165, 1.54) is 0 Å². The normalized spacial score (nSPS) is 18.6. The third kappa shape index (κ3) is 4.72. The van der Waals surface area contributed by atoms with Crippen LogP contribution >= 0.6 is 22.9 Å². The van der Waals surface area contributed by atoms with Crippen LogP contribution in [0.3, 0.4) is 0 Å². The lowest BCUT2D eigenvalue weighted by molar-refractivity contribution is -0.138. The molecule has 0 radical (unpaired) electrons. The second kappa shape index (κ2) is 8.65. The smallest absolute Gasteiger partial charge is 0.304 e. The van der Waals surface area contributed by atoms with Crippen LogP contribution in [0, 0.1) is 0 Å². The molecule has 1 N–H and O–H groups in total. The van der Waals surface area contributed by atoms with Gasteiger partial charge < -0.3 is 5.11 Å². The van der Waals surface area contributed by atoms with Gasteiger partial charge in [-0.15, -0.1) is 11.3 Å². The number of rotatable bonds is 7. The molecule has 0 aliphatic carbocycles. The second-order valence-electron chi connectivity index (χ2n) is 6.30. The molecule has 1 aromatic carbocycles. The molecule has 1 saturated heterocycles. The van der Waals surface area contributed by atoms with Gasteiger partial charge in [-0.05, 0) is 48.4 Å². The first-order valence-corrected chi connectivity index (χ1v) is 9.85. The lowest BCUT2D eigenvalue weighted by atomic mass is 10.0. The number of hydrogen-bond donors (Lipinski definition) is 1. The van der Waals surface area contributed by atoms with E-state index in [1.807, 2.05) is 29.6 Å². The van der Waals surface area contributed by atoms with E-state index in [0.29, 0.717) is 0 Å². The molecule has 1 atom stereocenters. The maximum Gasteiger partial charge on any atom is 0.304 e. The Morgan fingerprint density at radius 2 is 2.12 bits per heavy atom. The number of hydrogen-bond acceptors (Lipinski definition) is 3. The molecule has 25 heavy (non-hydrogen) atoms. The van der Waals surface area contributed by atoms with Crippen LogP contribution < -0.4 is 0 Å². The Morgan fingerprint density at radius 1 is 1.32 bits per heavy atom. The first kappa shape index (κ1) is 18.2. The van der Waals surface area contributed by atoms with E-state index < -0.39 is 5.97 Å². The Morgan fingerprint density at radius 3 is 2.80 bits per heavy atom. The fourth-order valence-electron chi connectivity index (χ4n) is 3.44. The highest BCUT2D eigenvalue weighted by Crippen LogP contribution is 2.34. The van der Waals surface area contributed by atoms with Gasteiger partial charge in [0.1, 0.15) is 0 Å². The van der Waals surface area contributed by atoms with Crippen molar-refractivity contribution < 1.29 is 9.90 Å². The number of benzene rings is 1. The summed E-state index contributed by atoms with van der Waals surface area (Å²) in [6, 6.07) is 12.4. The average Bonchev–Trinajstić information content (AvgIpc) is 3.21. The van der Waals surface area contributed by atoms with Crippen LogP contribution in [0.2, 0.25) is 5.02 Å². The minimum atomic E-state index is -0.706. The van der Waals surface area contributed by atoms with Gasteiger partial charge in [-0.3, -0.25) is 9.69 Å². The van der Waals surface area contributed by atoms with E-state index in [4.69, 9.17) is 16.7 Å². The quantitative estimate of drug-likeness (QED) is 0.726. The second-order valence-corrected chi connectivity index (χ2v) is 7.62. The molecule has 1 aliphatic rings. The average molecular weight is 376 g/mol. The first-order chi connectivity index (χ1) is 12.1. The number of nitrogens with zero attached hydrogens (tertiary/aromatic N) is 1. The minimum absolute atomic E-state index is 0.177. The Kier molecular flexibility index (Phi) is 6.29. The summed E-state index contributed by atoms with van der Waals surface area (Å²) in [5, 5.41) is 11.9. The summed E-state index contributed by atoms with van der Waals surface area (Å²) in [6.07, 6.45) is 5.44. The van der Waals surface area contributed by atoms with Gasteiger partial charge in [0.05, 0.1) is 16.3 Å². The number of carboxylic acid groups (broad SMARTS) is 1. The molecule has 0 spiro atoms. The summed E-state index contributed by atoms with van der Waals surface area (Å²) in [7, 11) is 0. The number of aliphatic carboxylic acids is 1. The van der Waals surface area contributed by atoms with Crippen LogP contribution in [0.4, 0.5) is 0 Å². The van der Waals surface area contributed by atoms with Crippen molar-refractivity contribution in [3.8, 4) is 0 Å². The van der Waals surface area contributed by atoms with E-state index in [2.05, 4.69) is 23.1 Å². The summed E-state index contributed by atoms with van der Waals surface area (Å²) in [6.45, 7) is 1.88. The van der Waals surface area contributed by atoms with Crippen molar-refractivity contribution >= 4 is 34.5 Å². The lowest BCUT2D eigenvalue weighted by Gasteiger charge is -2.22. The van der Waals surface area contributed by atoms with Crippen LogP contribution in [0.15, 0.2) is 47.9 Å². The van der Waals surface area contributed by atoms with Crippen LogP contribution in [0.5, 0.6) is 0 Å². The maximum atomic E-state index is 11.0. The minimum Gasteiger partial charge on any atom is -0.481 e. The molecule has 2 aromatic rings. The third-order valence-electron chi connectivity index (χ3n) is 4.62. The summed E-state index contributed by atoms with van der Waals surface area (Å²) in [5.41, 5.74) is 2.32. The van der Waals surface area contributed by atoms with Crippen molar-refractivity contribution in [2.75, 3.05) is 13.1 Å². The number of carbonyl (C=O) groups is 1. The number of halogens is 1. The van der Waals surface area contributed by atoms with Gasteiger partial charge in [-0.1, -0.05) is 48.0 Å². The predicted molar refractivity (Wildman–Crippen MR) is 104 cm³/mol. The highest BCUT2D eigenvalue weighted by Gasteiger charge is 2.25. The van der Waals surface area contributed by atoms with Crippen molar-refractivity contribution in [1.29, 1.82) is 0 Å². The van der Waals surface area contributed by atoms with Crippen molar-refractivity contribution in [2.24, 2.45) is 0 Å². The molecule has 0 amide bonds.